The summed E-state index contributed by atoms with van der Waals surface area (Å²) in [5, 5.41) is 3.40. The summed E-state index contributed by atoms with van der Waals surface area (Å²) in [6.45, 7) is 2.94. The van der Waals surface area contributed by atoms with Gasteiger partial charge in [0, 0.05) is 18.1 Å². The van der Waals surface area contributed by atoms with Crippen molar-refractivity contribution in [1.29, 1.82) is 0 Å². The third-order valence-corrected chi connectivity index (χ3v) is 3.01. The number of hydrogen-bond donors (Lipinski definition) is 1. The molecule has 88 valence electrons. The normalized spacial score (nSPS) is 10.2. The molecule has 0 atom stereocenters. The minimum absolute atomic E-state index is 0.556. The number of alkyl halides is 1. The van der Waals surface area contributed by atoms with Crippen molar-refractivity contribution in [2.45, 2.75) is 19.3 Å². The topological polar surface area (TPSA) is 12.0 Å². The highest BCUT2D eigenvalue weighted by Gasteiger charge is 1.96. The smallest absolute Gasteiger partial charge is 0.0474 e. The van der Waals surface area contributed by atoms with Crippen LogP contribution in [0.2, 0.25) is 0 Å². The van der Waals surface area contributed by atoms with Crippen molar-refractivity contribution in [2.24, 2.45) is 0 Å². The quantitative estimate of drug-likeness (QED) is 0.790. The second-order valence-electron chi connectivity index (χ2n) is 4.17. The molecule has 0 saturated carbocycles. The molecule has 17 heavy (non-hydrogen) atoms. The summed E-state index contributed by atoms with van der Waals surface area (Å²) in [7, 11) is 0. The monoisotopic (exact) mass is 245 g/mol. The molecule has 0 aliphatic carbocycles. The third kappa shape index (κ3) is 3.50. The fourth-order valence-corrected chi connectivity index (χ4v) is 1.84. The van der Waals surface area contributed by atoms with Crippen molar-refractivity contribution in [3.63, 3.8) is 0 Å². The first kappa shape index (κ1) is 12.0. The molecule has 2 aromatic carbocycles. The Hall–Kier alpha value is -1.47. The van der Waals surface area contributed by atoms with Crippen molar-refractivity contribution < 1.29 is 0 Å². The number of halogens is 1. The van der Waals surface area contributed by atoms with Gasteiger partial charge in [0.15, 0.2) is 0 Å². The number of rotatable bonds is 4. The zero-order chi connectivity index (χ0) is 12.1. The van der Waals surface area contributed by atoms with E-state index in [1.54, 1.807) is 0 Å². The van der Waals surface area contributed by atoms with Gasteiger partial charge in [-0.05, 0) is 30.2 Å². The van der Waals surface area contributed by atoms with Crippen LogP contribution in [0.5, 0.6) is 0 Å². The van der Waals surface area contributed by atoms with Gasteiger partial charge in [-0.3, -0.25) is 0 Å². The van der Waals surface area contributed by atoms with Crippen LogP contribution >= 0.6 is 11.6 Å². The van der Waals surface area contributed by atoms with Crippen molar-refractivity contribution in [1.82, 2.24) is 0 Å². The molecule has 0 bridgehead atoms. The van der Waals surface area contributed by atoms with Gasteiger partial charge in [-0.2, -0.15) is 0 Å². The van der Waals surface area contributed by atoms with Gasteiger partial charge in [-0.1, -0.05) is 42.0 Å². The average molecular weight is 246 g/mol. The summed E-state index contributed by atoms with van der Waals surface area (Å²) in [6, 6.07) is 16.8. The summed E-state index contributed by atoms with van der Waals surface area (Å²) in [5.74, 6) is 0.556. The lowest BCUT2D eigenvalue weighted by Gasteiger charge is -2.08. The van der Waals surface area contributed by atoms with Gasteiger partial charge >= 0.3 is 0 Å². The number of anilines is 1. The van der Waals surface area contributed by atoms with Gasteiger partial charge in [0.2, 0.25) is 0 Å². The fourth-order valence-electron chi connectivity index (χ4n) is 1.67. The van der Waals surface area contributed by atoms with E-state index in [-0.39, 0.29) is 0 Å². The highest BCUT2D eigenvalue weighted by Crippen LogP contribution is 2.14. The van der Waals surface area contributed by atoms with Gasteiger partial charge in [0.25, 0.3) is 0 Å². The Morgan fingerprint density at radius 3 is 2.47 bits per heavy atom. The van der Waals surface area contributed by atoms with Crippen LogP contribution in [0.15, 0.2) is 48.5 Å². The van der Waals surface area contributed by atoms with Crippen molar-refractivity contribution in [3.8, 4) is 0 Å². The van der Waals surface area contributed by atoms with Crippen LogP contribution in [0, 0.1) is 6.92 Å². The fraction of sp³-hybridized carbons (Fsp3) is 0.200. The molecule has 0 fully saturated rings. The van der Waals surface area contributed by atoms with Crippen LogP contribution < -0.4 is 5.32 Å². The Bertz CT molecular complexity index is 477. The Labute approximate surface area is 107 Å². The van der Waals surface area contributed by atoms with E-state index in [4.69, 9.17) is 11.6 Å². The van der Waals surface area contributed by atoms with Crippen molar-refractivity contribution in [2.75, 3.05) is 5.32 Å². The Balaban J connectivity index is 1.99. The van der Waals surface area contributed by atoms with Crippen LogP contribution in [-0.4, -0.2) is 0 Å². The maximum Gasteiger partial charge on any atom is 0.0474 e. The molecule has 1 nitrogen and oxygen atoms in total. The predicted octanol–water partition coefficient (Wildman–Crippen LogP) is 4.35. The molecule has 0 spiro atoms. The Morgan fingerprint density at radius 2 is 1.76 bits per heavy atom. The van der Waals surface area contributed by atoms with Gasteiger partial charge in [0.1, 0.15) is 0 Å². The SMILES string of the molecule is Cc1ccc(CNc2cccc(CCl)c2)cc1. The molecular weight excluding hydrogens is 230 g/mol. The predicted molar refractivity (Wildman–Crippen MR) is 74.5 cm³/mol. The molecular formula is C15H16ClN. The second kappa shape index (κ2) is 5.74. The first-order valence-electron chi connectivity index (χ1n) is 5.72. The van der Waals surface area contributed by atoms with Gasteiger partial charge in [-0.25, -0.2) is 0 Å². The van der Waals surface area contributed by atoms with Gasteiger partial charge in [-0.15, -0.1) is 11.6 Å². The summed E-state index contributed by atoms with van der Waals surface area (Å²) in [4.78, 5) is 0. The molecule has 0 amide bonds. The first-order valence-corrected chi connectivity index (χ1v) is 6.26. The number of aryl methyl sites for hydroxylation is 1. The maximum absolute atomic E-state index is 5.81. The summed E-state index contributed by atoms with van der Waals surface area (Å²) in [6.07, 6.45) is 0. The maximum atomic E-state index is 5.81. The van der Waals surface area contributed by atoms with Crippen LogP contribution in [-0.2, 0) is 12.4 Å². The molecule has 2 heteroatoms. The highest BCUT2D eigenvalue weighted by molar-refractivity contribution is 6.17. The largest absolute Gasteiger partial charge is 0.381 e. The van der Waals surface area contributed by atoms with Crippen LogP contribution in [0.4, 0.5) is 5.69 Å². The van der Waals surface area contributed by atoms with Gasteiger partial charge in [0.05, 0.1) is 0 Å². The standard InChI is InChI=1S/C15H16ClN/c1-12-5-7-13(8-6-12)11-17-15-4-2-3-14(9-15)10-16/h2-9,17H,10-11H2,1H3. The zero-order valence-corrected chi connectivity index (χ0v) is 10.7. The molecule has 0 heterocycles. The number of nitrogens with one attached hydrogen (secondary N) is 1. The van der Waals surface area contributed by atoms with Crippen LogP contribution in [0.25, 0.3) is 0 Å². The molecule has 2 rings (SSSR count). The lowest BCUT2D eigenvalue weighted by molar-refractivity contribution is 1.14. The molecule has 0 aliphatic heterocycles. The zero-order valence-electron chi connectivity index (χ0n) is 9.91. The van der Waals surface area contributed by atoms with Gasteiger partial charge < -0.3 is 5.32 Å². The minimum Gasteiger partial charge on any atom is -0.381 e. The first-order chi connectivity index (χ1) is 8.28. The van der Waals surface area contributed by atoms with E-state index in [2.05, 4.69) is 48.6 Å². The van der Waals surface area contributed by atoms with Crippen LogP contribution in [0.3, 0.4) is 0 Å². The third-order valence-electron chi connectivity index (χ3n) is 2.70. The molecule has 2 aromatic rings. The van der Waals surface area contributed by atoms with Crippen molar-refractivity contribution >= 4 is 17.3 Å². The lowest BCUT2D eigenvalue weighted by Crippen LogP contribution is -1.99. The van der Waals surface area contributed by atoms with E-state index in [1.807, 2.05) is 12.1 Å². The van der Waals surface area contributed by atoms with E-state index < -0.39 is 0 Å². The number of benzene rings is 2. The van der Waals surface area contributed by atoms with Crippen LogP contribution in [0.1, 0.15) is 16.7 Å². The summed E-state index contributed by atoms with van der Waals surface area (Å²) in [5.41, 5.74) is 4.83. The van der Waals surface area contributed by atoms with E-state index in [1.165, 1.54) is 11.1 Å². The van der Waals surface area contributed by atoms with E-state index in [0.29, 0.717) is 5.88 Å². The Kier molecular flexibility index (Phi) is 4.05. The molecule has 0 saturated heterocycles. The van der Waals surface area contributed by atoms with E-state index in [0.717, 1.165) is 17.8 Å². The molecule has 0 unspecified atom stereocenters. The lowest BCUT2D eigenvalue weighted by atomic mass is 10.1. The minimum atomic E-state index is 0.556. The summed E-state index contributed by atoms with van der Waals surface area (Å²) < 4.78 is 0. The average Bonchev–Trinajstić information content (AvgIpc) is 2.38. The Morgan fingerprint density at radius 1 is 1.00 bits per heavy atom. The van der Waals surface area contributed by atoms with E-state index >= 15 is 0 Å². The van der Waals surface area contributed by atoms with E-state index in [9.17, 15) is 0 Å². The molecule has 1 N–H and O–H groups in total. The highest BCUT2D eigenvalue weighted by atomic mass is 35.5. The summed E-state index contributed by atoms with van der Waals surface area (Å²) >= 11 is 5.81. The molecule has 0 aliphatic rings. The number of hydrogen-bond acceptors (Lipinski definition) is 1. The molecule has 0 radical (unpaired) electrons. The molecule has 0 aromatic heterocycles. The van der Waals surface area contributed by atoms with Crippen molar-refractivity contribution in [3.05, 3.63) is 65.2 Å². The second-order valence-corrected chi connectivity index (χ2v) is 4.44.